The molecule has 0 fully saturated rings. The predicted octanol–water partition coefficient (Wildman–Crippen LogP) is 1.20. The van der Waals surface area contributed by atoms with Gasteiger partial charge in [0.25, 0.3) is 0 Å². The molecule has 7 heteroatoms. The van der Waals surface area contributed by atoms with Crippen LogP contribution in [0.1, 0.15) is 5.69 Å². The molecule has 0 radical (unpaired) electrons. The maximum Gasteiger partial charge on any atom is 0.195 e. The van der Waals surface area contributed by atoms with E-state index in [0.717, 1.165) is 0 Å². The average Bonchev–Trinajstić information content (AvgIpc) is 2.35. The van der Waals surface area contributed by atoms with Gasteiger partial charge in [0.05, 0.1) is 23.8 Å². The van der Waals surface area contributed by atoms with E-state index in [2.05, 4.69) is 27.2 Å². The number of rotatable bonds is 4. The van der Waals surface area contributed by atoms with Crippen molar-refractivity contribution in [3.63, 3.8) is 0 Å². The molecule has 0 aliphatic rings. The standard InChI is InChI=1S/C11H14ClN5S/c1-2-5-15-10(13)17-11(18)16-7-9-8(12)4-3-6-14-9/h2-4,6H,1,5,7H2,(H4,13,15,16,17,18). The Morgan fingerprint density at radius 1 is 1.67 bits per heavy atom. The first-order chi connectivity index (χ1) is 8.63. The van der Waals surface area contributed by atoms with E-state index >= 15 is 0 Å². The highest BCUT2D eigenvalue weighted by Gasteiger charge is 2.02. The minimum Gasteiger partial charge on any atom is -0.370 e. The van der Waals surface area contributed by atoms with Gasteiger partial charge in [-0.3, -0.25) is 4.98 Å². The number of aromatic nitrogens is 1. The molecule has 1 heterocycles. The Hall–Kier alpha value is -1.66. The lowest BCUT2D eigenvalue weighted by atomic mass is 10.3. The second-order valence-electron chi connectivity index (χ2n) is 3.25. The molecule has 0 saturated carbocycles. The largest absolute Gasteiger partial charge is 0.370 e. The third kappa shape index (κ3) is 5.11. The Labute approximate surface area is 116 Å². The summed E-state index contributed by atoms with van der Waals surface area (Å²) in [7, 11) is 0. The first kappa shape index (κ1) is 14.4. The number of nitrogens with two attached hydrogens (primary N) is 1. The number of aliphatic imine (C=N–C) groups is 1. The van der Waals surface area contributed by atoms with Crippen LogP contribution >= 0.6 is 23.8 Å². The van der Waals surface area contributed by atoms with Gasteiger partial charge in [0.1, 0.15) is 0 Å². The molecule has 1 aromatic rings. The van der Waals surface area contributed by atoms with Crippen molar-refractivity contribution in [2.45, 2.75) is 6.54 Å². The Morgan fingerprint density at radius 3 is 3.11 bits per heavy atom. The van der Waals surface area contributed by atoms with Gasteiger partial charge in [-0.2, -0.15) is 0 Å². The smallest absolute Gasteiger partial charge is 0.195 e. The van der Waals surface area contributed by atoms with E-state index in [1.807, 2.05) is 0 Å². The number of nitrogens with zero attached hydrogens (tertiary/aromatic N) is 2. The number of nitrogens with one attached hydrogen (secondary N) is 2. The number of halogens is 1. The molecule has 18 heavy (non-hydrogen) atoms. The summed E-state index contributed by atoms with van der Waals surface area (Å²) >= 11 is 11.0. The number of guanidine groups is 1. The van der Waals surface area contributed by atoms with Crippen LogP contribution in [0.5, 0.6) is 0 Å². The second-order valence-corrected chi connectivity index (χ2v) is 4.07. The van der Waals surface area contributed by atoms with Crippen LogP contribution in [-0.2, 0) is 6.54 Å². The van der Waals surface area contributed by atoms with Crippen LogP contribution in [0.15, 0.2) is 36.0 Å². The lowest BCUT2D eigenvalue weighted by Crippen LogP contribution is -2.43. The molecule has 0 aliphatic carbocycles. The zero-order valence-electron chi connectivity index (χ0n) is 9.69. The highest BCUT2D eigenvalue weighted by Crippen LogP contribution is 2.11. The van der Waals surface area contributed by atoms with Crippen molar-refractivity contribution in [1.29, 1.82) is 0 Å². The Bertz CT molecular complexity index is 461. The monoisotopic (exact) mass is 283 g/mol. The van der Waals surface area contributed by atoms with E-state index in [1.54, 1.807) is 24.4 Å². The maximum atomic E-state index is 5.96. The van der Waals surface area contributed by atoms with Crippen molar-refractivity contribution in [2.24, 2.45) is 10.7 Å². The van der Waals surface area contributed by atoms with Crippen molar-refractivity contribution >= 4 is 34.9 Å². The van der Waals surface area contributed by atoms with Crippen LogP contribution in [0, 0.1) is 0 Å². The second kappa shape index (κ2) is 7.62. The summed E-state index contributed by atoms with van der Waals surface area (Å²) in [6.07, 6.45) is 3.30. The Kier molecular flexibility index (Phi) is 6.10. The van der Waals surface area contributed by atoms with Crippen LogP contribution in [0.4, 0.5) is 0 Å². The molecule has 0 saturated heterocycles. The highest BCUT2D eigenvalue weighted by molar-refractivity contribution is 7.80. The van der Waals surface area contributed by atoms with Crippen LogP contribution in [-0.4, -0.2) is 22.6 Å². The summed E-state index contributed by atoms with van der Waals surface area (Å²) in [4.78, 5) is 8.07. The molecule has 0 aromatic carbocycles. The van der Waals surface area contributed by atoms with Gasteiger partial charge < -0.3 is 16.4 Å². The summed E-state index contributed by atoms with van der Waals surface area (Å²) in [5, 5.41) is 6.62. The molecule has 0 amide bonds. The quantitative estimate of drug-likeness (QED) is 0.335. The molecule has 1 rings (SSSR count). The van der Waals surface area contributed by atoms with E-state index in [9.17, 15) is 0 Å². The fraction of sp³-hybridized carbons (Fsp3) is 0.182. The minimum atomic E-state index is 0.236. The van der Waals surface area contributed by atoms with Gasteiger partial charge in [0, 0.05) is 6.20 Å². The Morgan fingerprint density at radius 2 is 2.44 bits per heavy atom. The van der Waals surface area contributed by atoms with Gasteiger partial charge in [0.2, 0.25) is 0 Å². The fourth-order valence-electron chi connectivity index (χ4n) is 1.08. The van der Waals surface area contributed by atoms with E-state index < -0.39 is 0 Å². The summed E-state index contributed by atoms with van der Waals surface area (Å²) in [5.41, 5.74) is 6.29. The maximum absolute atomic E-state index is 5.96. The average molecular weight is 284 g/mol. The zero-order chi connectivity index (χ0) is 13.4. The number of pyridine rings is 1. The van der Waals surface area contributed by atoms with Crippen molar-refractivity contribution < 1.29 is 0 Å². The first-order valence-electron chi connectivity index (χ1n) is 5.18. The highest BCUT2D eigenvalue weighted by atomic mass is 35.5. The fourth-order valence-corrected chi connectivity index (χ4v) is 1.44. The molecule has 96 valence electrons. The minimum absolute atomic E-state index is 0.236. The van der Waals surface area contributed by atoms with Crippen molar-refractivity contribution in [1.82, 2.24) is 15.6 Å². The number of hydrogen-bond acceptors (Lipinski definition) is 3. The molecular formula is C11H14ClN5S. The van der Waals surface area contributed by atoms with Gasteiger partial charge in [-0.1, -0.05) is 17.7 Å². The molecule has 0 atom stereocenters. The lowest BCUT2D eigenvalue weighted by Gasteiger charge is -2.09. The van der Waals surface area contributed by atoms with Crippen LogP contribution < -0.4 is 16.4 Å². The summed E-state index contributed by atoms with van der Waals surface area (Å²) in [6, 6.07) is 3.53. The van der Waals surface area contributed by atoms with Crippen molar-refractivity contribution in [3.8, 4) is 0 Å². The van der Waals surface area contributed by atoms with Crippen LogP contribution in [0.2, 0.25) is 5.02 Å². The first-order valence-corrected chi connectivity index (χ1v) is 5.97. The molecule has 0 spiro atoms. The summed E-state index contributed by atoms with van der Waals surface area (Å²) < 4.78 is 0. The molecular weight excluding hydrogens is 270 g/mol. The van der Waals surface area contributed by atoms with Crippen LogP contribution in [0.3, 0.4) is 0 Å². The van der Waals surface area contributed by atoms with Crippen molar-refractivity contribution in [2.75, 3.05) is 6.54 Å². The normalized spacial score (nSPS) is 10.8. The number of thiocarbonyl (C=S) groups is 1. The lowest BCUT2D eigenvalue weighted by molar-refractivity contribution is 0.866. The van der Waals surface area contributed by atoms with Crippen molar-refractivity contribution in [3.05, 3.63) is 41.7 Å². The van der Waals surface area contributed by atoms with Gasteiger partial charge in [-0.05, 0) is 24.4 Å². The molecule has 0 bridgehead atoms. The topological polar surface area (TPSA) is 75.3 Å². The zero-order valence-corrected chi connectivity index (χ0v) is 11.3. The molecule has 0 aliphatic heterocycles. The van der Waals surface area contributed by atoms with Gasteiger partial charge in [-0.25, -0.2) is 4.99 Å². The van der Waals surface area contributed by atoms with Gasteiger partial charge in [-0.15, -0.1) is 6.58 Å². The summed E-state index contributed by atoms with van der Waals surface area (Å²) in [6.45, 7) is 4.39. The van der Waals surface area contributed by atoms with E-state index in [4.69, 9.17) is 29.6 Å². The summed E-state index contributed by atoms with van der Waals surface area (Å²) in [5.74, 6) is 0.236. The predicted molar refractivity (Wildman–Crippen MR) is 78.5 cm³/mol. The van der Waals surface area contributed by atoms with Gasteiger partial charge in [0.15, 0.2) is 11.1 Å². The molecule has 5 nitrogen and oxygen atoms in total. The Balaban J connectivity index is 2.42. The molecule has 0 unspecified atom stereocenters. The van der Waals surface area contributed by atoms with E-state index in [-0.39, 0.29) is 5.96 Å². The van der Waals surface area contributed by atoms with E-state index in [0.29, 0.717) is 28.9 Å². The third-order valence-corrected chi connectivity index (χ3v) is 2.47. The SMILES string of the molecule is C=CCN=C(N)NC(=S)NCc1ncccc1Cl. The van der Waals surface area contributed by atoms with Crippen LogP contribution in [0.25, 0.3) is 0 Å². The molecule has 4 N–H and O–H groups in total. The van der Waals surface area contributed by atoms with Gasteiger partial charge >= 0.3 is 0 Å². The van der Waals surface area contributed by atoms with E-state index in [1.165, 1.54) is 0 Å². The third-order valence-electron chi connectivity index (χ3n) is 1.88. The number of hydrogen-bond donors (Lipinski definition) is 3. The molecule has 1 aromatic heterocycles.